The predicted molar refractivity (Wildman–Crippen MR) is 101 cm³/mol. The number of aromatic hydroxyl groups is 1. The molecule has 0 radical (unpaired) electrons. The summed E-state index contributed by atoms with van der Waals surface area (Å²) in [6.45, 7) is 3.59. The molecule has 3 rings (SSSR count). The van der Waals surface area contributed by atoms with Crippen molar-refractivity contribution in [3.05, 3.63) is 68.3 Å². The van der Waals surface area contributed by atoms with Crippen LogP contribution < -0.4 is 5.32 Å². The van der Waals surface area contributed by atoms with E-state index in [1.165, 1.54) is 0 Å². The summed E-state index contributed by atoms with van der Waals surface area (Å²) < 4.78 is 0. The SMILES string of the molecule is Cc1cc(/C=C2\NC(=O)N(Cc3ccc(Cl)cc3Cl)C2=O)cc(C)c1O. The lowest BCUT2D eigenvalue weighted by Crippen LogP contribution is -2.30. The Morgan fingerprint density at radius 1 is 1.12 bits per heavy atom. The normalized spacial score (nSPS) is 15.7. The molecule has 0 spiro atoms. The second-order valence-corrected chi connectivity index (χ2v) is 6.96. The smallest absolute Gasteiger partial charge is 0.329 e. The van der Waals surface area contributed by atoms with Crippen molar-refractivity contribution in [3.8, 4) is 5.75 Å². The summed E-state index contributed by atoms with van der Waals surface area (Å²) in [4.78, 5) is 25.9. The lowest BCUT2D eigenvalue weighted by molar-refractivity contribution is -0.123. The van der Waals surface area contributed by atoms with Crippen LogP contribution in [0.3, 0.4) is 0 Å². The van der Waals surface area contributed by atoms with E-state index in [0.29, 0.717) is 32.3 Å². The van der Waals surface area contributed by atoms with E-state index in [-0.39, 0.29) is 18.0 Å². The van der Waals surface area contributed by atoms with Crippen LogP contribution >= 0.6 is 23.2 Å². The van der Waals surface area contributed by atoms with Gasteiger partial charge >= 0.3 is 6.03 Å². The van der Waals surface area contributed by atoms with Crippen LogP contribution in [0.1, 0.15) is 22.3 Å². The molecule has 1 aliphatic rings. The fraction of sp³-hybridized carbons (Fsp3) is 0.158. The first-order valence-electron chi connectivity index (χ1n) is 7.85. The molecule has 0 aliphatic carbocycles. The van der Waals surface area contributed by atoms with Crippen molar-refractivity contribution in [2.24, 2.45) is 0 Å². The number of urea groups is 1. The zero-order chi connectivity index (χ0) is 19.0. The Labute approximate surface area is 160 Å². The fourth-order valence-corrected chi connectivity index (χ4v) is 3.24. The number of rotatable bonds is 3. The number of benzene rings is 2. The molecule has 1 aliphatic heterocycles. The Balaban J connectivity index is 1.87. The average Bonchev–Trinajstić information content (AvgIpc) is 2.82. The molecule has 1 heterocycles. The monoisotopic (exact) mass is 390 g/mol. The van der Waals surface area contributed by atoms with Crippen LogP contribution in [0.25, 0.3) is 6.08 Å². The number of aryl methyl sites for hydroxylation is 2. The first-order valence-corrected chi connectivity index (χ1v) is 8.60. The maximum Gasteiger partial charge on any atom is 0.329 e. The second-order valence-electron chi connectivity index (χ2n) is 6.12. The number of phenols is 1. The molecule has 0 atom stereocenters. The lowest BCUT2D eigenvalue weighted by atomic mass is 10.0. The van der Waals surface area contributed by atoms with Gasteiger partial charge in [0, 0.05) is 10.0 Å². The number of nitrogens with one attached hydrogen (secondary N) is 1. The molecule has 0 saturated carbocycles. The first kappa shape index (κ1) is 18.3. The summed E-state index contributed by atoms with van der Waals surface area (Å²) in [5.41, 5.74) is 2.89. The molecule has 7 heteroatoms. The number of imide groups is 1. The summed E-state index contributed by atoms with van der Waals surface area (Å²) in [7, 11) is 0. The Morgan fingerprint density at radius 3 is 2.38 bits per heavy atom. The molecule has 0 unspecified atom stereocenters. The minimum atomic E-state index is -0.514. The minimum absolute atomic E-state index is 0.0473. The molecule has 2 aromatic carbocycles. The zero-order valence-corrected chi connectivity index (χ0v) is 15.6. The molecule has 1 saturated heterocycles. The third-order valence-corrected chi connectivity index (χ3v) is 4.72. The van der Waals surface area contributed by atoms with Gasteiger partial charge in [-0.1, -0.05) is 29.3 Å². The highest BCUT2D eigenvalue weighted by atomic mass is 35.5. The van der Waals surface area contributed by atoms with Gasteiger partial charge in [-0.05, 0) is 66.4 Å². The quantitative estimate of drug-likeness (QED) is 0.602. The molecule has 2 aromatic rings. The van der Waals surface area contributed by atoms with Crippen molar-refractivity contribution in [2.75, 3.05) is 0 Å². The Kier molecular flexibility index (Phi) is 4.94. The van der Waals surface area contributed by atoms with Crippen molar-refractivity contribution in [1.82, 2.24) is 10.2 Å². The van der Waals surface area contributed by atoms with E-state index in [9.17, 15) is 14.7 Å². The third kappa shape index (κ3) is 3.54. The number of carbonyl (C=O) groups is 2. The van der Waals surface area contributed by atoms with Gasteiger partial charge in [-0.25, -0.2) is 4.79 Å². The maximum absolute atomic E-state index is 12.6. The summed E-state index contributed by atoms with van der Waals surface area (Å²) in [5, 5.41) is 13.3. The van der Waals surface area contributed by atoms with Crippen molar-refractivity contribution < 1.29 is 14.7 Å². The number of amides is 3. The van der Waals surface area contributed by atoms with Crippen molar-refractivity contribution >= 4 is 41.2 Å². The van der Waals surface area contributed by atoms with Gasteiger partial charge in [0.15, 0.2) is 0 Å². The first-order chi connectivity index (χ1) is 12.3. The summed E-state index contributed by atoms with van der Waals surface area (Å²) in [6.07, 6.45) is 1.59. The highest BCUT2D eigenvalue weighted by Crippen LogP contribution is 2.26. The van der Waals surface area contributed by atoms with Gasteiger partial charge in [-0.15, -0.1) is 0 Å². The number of carbonyl (C=O) groups excluding carboxylic acids is 2. The van der Waals surface area contributed by atoms with Crippen LogP contribution in [0.5, 0.6) is 5.75 Å². The highest BCUT2D eigenvalue weighted by molar-refractivity contribution is 6.35. The summed E-state index contributed by atoms with van der Waals surface area (Å²) >= 11 is 12.0. The fourth-order valence-electron chi connectivity index (χ4n) is 2.77. The van der Waals surface area contributed by atoms with Gasteiger partial charge in [0.05, 0.1) is 6.54 Å². The summed E-state index contributed by atoms with van der Waals surface area (Å²) in [6, 6.07) is 7.87. The van der Waals surface area contributed by atoms with E-state index in [1.807, 2.05) is 0 Å². The molecular weight excluding hydrogens is 375 g/mol. The van der Waals surface area contributed by atoms with Crippen LogP contribution in [0.2, 0.25) is 10.0 Å². The van der Waals surface area contributed by atoms with E-state index in [1.54, 1.807) is 50.3 Å². The molecule has 0 bridgehead atoms. The van der Waals surface area contributed by atoms with Crippen molar-refractivity contribution in [1.29, 1.82) is 0 Å². The van der Waals surface area contributed by atoms with Gasteiger partial charge in [-0.3, -0.25) is 9.69 Å². The zero-order valence-electron chi connectivity index (χ0n) is 14.1. The van der Waals surface area contributed by atoms with Gasteiger partial charge in [0.25, 0.3) is 5.91 Å². The molecule has 3 amide bonds. The summed E-state index contributed by atoms with van der Waals surface area (Å²) in [5.74, 6) is -0.225. The van der Waals surface area contributed by atoms with E-state index < -0.39 is 11.9 Å². The molecular formula is C19H16Cl2N2O3. The van der Waals surface area contributed by atoms with Crippen LogP contribution in [0.15, 0.2) is 36.0 Å². The standard InChI is InChI=1S/C19H16Cl2N2O3/c1-10-5-12(6-11(2)17(10)24)7-16-18(25)23(19(26)22-16)9-13-3-4-14(20)8-15(13)21/h3-8,24H,9H2,1-2H3,(H,22,26)/b16-7-. The molecule has 1 fully saturated rings. The van der Waals surface area contributed by atoms with Crippen LogP contribution in [0.4, 0.5) is 4.79 Å². The average molecular weight is 391 g/mol. The molecule has 26 heavy (non-hydrogen) atoms. The topological polar surface area (TPSA) is 69.6 Å². The van der Waals surface area contributed by atoms with Crippen molar-refractivity contribution in [2.45, 2.75) is 20.4 Å². The predicted octanol–water partition coefficient (Wildman–Crippen LogP) is 4.41. The van der Waals surface area contributed by atoms with Gasteiger partial charge in [0.2, 0.25) is 0 Å². The lowest BCUT2D eigenvalue weighted by Gasteiger charge is -2.13. The van der Waals surface area contributed by atoms with E-state index in [0.717, 1.165) is 4.90 Å². The van der Waals surface area contributed by atoms with Gasteiger partial charge < -0.3 is 10.4 Å². The Morgan fingerprint density at radius 2 is 1.77 bits per heavy atom. The van der Waals surface area contributed by atoms with Gasteiger partial charge in [-0.2, -0.15) is 0 Å². The molecule has 5 nitrogen and oxygen atoms in total. The van der Waals surface area contributed by atoms with Crippen LogP contribution in [0, 0.1) is 13.8 Å². The number of hydrogen-bond donors (Lipinski definition) is 2. The second kappa shape index (κ2) is 7.02. The van der Waals surface area contributed by atoms with E-state index >= 15 is 0 Å². The Bertz CT molecular complexity index is 931. The maximum atomic E-state index is 12.6. The number of phenolic OH excluding ortho intramolecular Hbond substituents is 1. The van der Waals surface area contributed by atoms with Crippen LogP contribution in [-0.2, 0) is 11.3 Å². The third-order valence-electron chi connectivity index (χ3n) is 4.13. The van der Waals surface area contributed by atoms with Crippen molar-refractivity contribution in [3.63, 3.8) is 0 Å². The minimum Gasteiger partial charge on any atom is -0.507 e. The number of hydrogen-bond acceptors (Lipinski definition) is 3. The Hall–Kier alpha value is -2.50. The van der Waals surface area contributed by atoms with Gasteiger partial charge in [0.1, 0.15) is 11.4 Å². The molecule has 2 N–H and O–H groups in total. The largest absolute Gasteiger partial charge is 0.507 e. The number of halogens is 2. The van der Waals surface area contributed by atoms with E-state index in [2.05, 4.69) is 5.32 Å². The molecule has 0 aromatic heterocycles. The van der Waals surface area contributed by atoms with Crippen LogP contribution in [-0.4, -0.2) is 21.9 Å². The highest BCUT2D eigenvalue weighted by Gasteiger charge is 2.33. The molecule has 134 valence electrons. The number of nitrogens with zero attached hydrogens (tertiary/aromatic N) is 1. The van der Waals surface area contributed by atoms with E-state index in [4.69, 9.17) is 23.2 Å².